The molecule has 0 aliphatic carbocycles. The molecule has 8 aromatic rings. The molecule has 0 amide bonds. The number of benzene rings is 4. The molecule has 0 radical (unpaired) electrons. The molecule has 228 valence electrons. The summed E-state index contributed by atoms with van der Waals surface area (Å²) >= 11 is 0. The van der Waals surface area contributed by atoms with E-state index in [4.69, 9.17) is 0 Å². The summed E-state index contributed by atoms with van der Waals surface area (Å²) in [7, 11) is 0. The van der Waals surface area contributed by atoms with Gasteiger partial charge in [-0.2, -0.15) is 0 Å². The van der Waals surface area contributed by atoms with Crippen molar-refractivity contribution in [1.29, 1.82) is 0 Å². The van der Waals surface area contributed by atoms with Gasteiger partial charge in [0, 0.05) is 83.7 Å². The van der Waals surface area contributed by atoms with Crippen molar-refractivity contribution >= 4 is 67.8 Å². The molecule has 8 rings (SSSR count). The van der Waals surface area contributed by atoms with Gasteiger partial charge in [0.2, 0.25) is 0 Å². The molecule has 0 unspecified atom stereocenters. The van der Waals surface area contributed by atoms with Crippen LogP contribution in [0.5, 0.6) is 0 Å². The summed E-state index contributed by atoms with van der Waals surface area (Å²) in [6.07, 6.45) is 18.9. The lowest BCUT2D eigenvalue weighted by molar-refractivity contribution is 1.22. The van der Waals surface area contributed by atoms with Crippen LogP contribution in [0.3, 0.4) is 0 Å². The van der Waals surface area contributed by atoms with Gasteiger partial charge in [0.25, 0.3) is 0 Å². The predicted molar refractivity (Wildman–Crippen MR) is 197 cm³/mol. The molecule has 0 atom stereocenters. The Hall–Kier alpha value is -6.66. The third-order valence-corrected chi connectivity index (χ3v) is 8.36. The van der Waals surface area contributed by atoms with Crippen molar-refractivity contribution in [2.45, 2.75) is 0 Å². The van der Waals surface area contributed by atoms with E-state index in [0.717, 1.165) is 45.3 Å². The Kier molecular flexibility index (Phi) is 7.79. The van der Waals surface area contributed by atoms with Gasteiger partial charge in [-0.05, 0) is 118 Å². The van der Waals surface area contributed by atoms with Gasteiger partial charge in [0.05, 0.1) is 0 Å². The molecular formula is C42H30N6. The zero-order valence-electron chi connectivity index (χ0n) is 26.0. The Morgan fingerprint density at radius 2 is 0.583 bits per heavy atom. The van der Waals surface area contributed by atoms with Gasteiger partial charge in [-0.1, -0.05) is 48.6 Å². The van der Waals surface area contributed by atoms with Crippen molar-refractivity contribution in [3.63, 3.8) is 0 Å². The summed E-state index contributed by atoms with van der Waals surface area (Å²) in [5, 5.41) is 4.72. The third-order valence-electron chi connectivity index (χ3n) is 8.36. The molecule has 0 saturated heterocycles. The van der Waals surface area contributed by atoms with Crippen LogP contribution in [0.25, 0.3) is 33.7 Å². The van der Waals surface area contributed by atoms with Crippen LogP contribution >= 0.6 is 0 Å². The summed E-state index contributed by atoms with van der Waals surface area (Å²) < 4.78 is 0. The van der Waals surface area contributed by atoms with Gasteiger partial charge in [0.1, 0.15) is 0 Å². The van der Waals surface area contributed by atoms with Crippen LogP contribution in [-0.2, 0) is 0 Å². The topological polar surface area (TPSA) is 58.0 Å². The fourth-order valence-corrected chi connectivity index (χ4v) is 6.05. The fraction of sp³-hybridized carbons (Fsp3) is 0. The zero-order chi connectivity index (χ0) is 32.1. The van der Waals surface area contributed by atoms with E-state index in [-0.39, 0.29) is 0 Å². The molecule has 0 N–H and O–H groups in total. The lowest BCUT2D eigenvalue weighted by atomic mass is 10.0. The highest BCUT2D eigenvalue weighted by atomic mass is 15.1. The van der Waals surface area contributed by atoms with Crippen LogP contribution in [0.15, 0.2) is 171 Å². The molecule has 0 spiro atoms. The SMILES string of the molecule is C(=C\c1ccc2cc(N(c3ccncc3)c3ccncc3)ccc2c1)/c1ccc2cc(N(c3ccncc3)c3ccncc3)ccc2c1. The third kappa shape index (κ3) is 5.98. The Morgan fingerprint density at radius 1 is 0.292 bits per heavy atom. The van der Waals surface area contributed by atoms with E-state index < -0.39 is 0 Å². The Balaban J connectivity index is 1.06. The van der Waals surface area contributed by atoms with Crippen molar-refractivity contribution in [3.8, 4) is 0 Å². The second kappa shape index (κ2) is 13.0. The Labute approximate surface area is 279 Å². The fourth-order valence-electron chi connectivity index (χ4n) is 6.05. The molecule has 48 heavy (non-hydrogen) atoms. The second-order valence-electron chi connectivity index (χ2n) is 11.4. The predicted octanol–water partition coefficient (Wildman–Crippen LogP) is 10.7. The first-order valence-electron chi connectivity index (χ1n) is 15.7. The number of pyridine rings is 4. The molecule has 0 saturated carbocycles. The maximum absolute atomic E-state index is 4.21. The smallest absolute Gasteiger partial charge is 0.0492 e. The maximum atomic E-state index is 4.21. The zero-order valence-corrected chi connectivity index (χ0v) is 26.0. The van der Waals surface area contributed by atoms with Gasteiger partial charge in [-0.3, -0.25) is 19.9 Å². The number of rotatable bonds is 8. The number of hydrogen-bond donors (Lipinski definition) is 0. The van der Waals surface area contributed by atoms with Gasteiger partial charge in [-0.25, -0.2) is 0 Å². The minimum atomic E-state index is 1.04. The van der Waals surface area contributed by atoms with Crippen LogP contribution in [0.1, 0.15) is 11.1 Å². The second-order valence-corrected chi connectivity index (χ2v) is 11.4. The minimum Gasteiger partial charge on any atom is -0.310 e. The van der Waals surface area contributed by atoms with Crippen LogP contribution in [0.4, 0.5) is 34.1 Å². The molecule has 6 nitrogen and oxygen atoms in total. The Morgan fingerprint density at radius 3 is 0.917 bits per heavy atom. The lowest BCUT2D eigenvalue weighted by Crippen LogP contribution is -2.09. The molecule has 0 bridgehead atoms. The van der Waals surface area contributed by atoms with Crippen molar-refractivity contribution in [1.82, 2.24) is 19.9 Å². The highest BCUT2D eigenvalue weighted by molar-refractivity contribution is 5.93. The maximum Gasteiger partial charge on any atom is 0.0492 e. The van der Waals surface area contributed by atoms with Gasteiger partial charge in [-0.15, -0.1) is 0 Å². The molecule has 0 fully saturated rings. The normalized spacial score (nSPS) is 11.2. The summed E-state index contributed by atoms with van der Waals surface area (Å²) in [5.74, 6) is 0. The summed E-state index contributed by atoms with van der Waals surface area (Å²) in [5.41, 5.74) is 8.62. The van der Waals surface area contributed by atoms with Crippen LogP contribution in [0.2, 0.25) is 0 Å². The van der Waals surface area contributed by atoms with Crippen LogP contribution in [0, 0.1) is 0 Å². The Bertz CT molecular complexity index is 2100. The van der Waals surface area contributed by atoms with E-state index in [0.29, 0.717) is 0 Å². The summed E-state index contributed by atoms with van der Waals surface area (Å²) in [6, 6.07) is 42.5. The first kappa shape index (κ1) is 28.8. The van der Waals surface area contributed by atoms with Crippen LogP contribution < -0.4 is 9.80 Å². The van der Waals surface area contributed by atoms with Gasteiger partial charge < -0.3 is 9.80 Å². The quantitative estimate of drug-likeness (QED) is 0.158. The van der Waals surface area contributed by atoms with Gasteiger partial charge in [0.15, 0.2) is 0 Å². The van der Waals surface area contributed by atoms with E-state index in [1.54, 1.807) is 0 Å². The molecule has 6 heteroatoms. The molecule has 4 aromatic heterocycles. The highest BCUT2D eigenvalue weighted by Gasteiger charge is 2.14. The van der Waals surface area contributed by atoms with Crippen molar-refractivity contribution in [3.05, 3.63) is 182 Å². The summed E-state index contributed by atoms with van der Waals surface area (Å²) in [6.45, 7) is 0. The average Bonchev–Trinajstić information content (AvgIpc) is 3.16. The number of aromatic nitrogens is 4. The lowest BCUT2D eigenvalue weighted by Gasteiger charge is -2.25. The number of anilines is 6. The standard InChI is InChI=1S/C42H30N6/c1(31-3-5-35-29-41(9-7-33(35)27-31)47(37-11-19-43-20-12-37)38-13-21-44-22-14-38)2-32-4-6-36-30-42(10-8-34(36)28-32)48(39-15-23-45-24-16-39)40-17-25-46-26-18-40/h1-30H/b2-1+. The van der Waals surface area contributed by atoms with Crippen molar-refractivity contribution in [2.24, 2.45) is 0 Å². The van der Waals surface area contributed by atoms with Gasteiger partial charge >= 0.3 is 0 Å². The van der Waals surface area contributed by atoms with Crippen LogP contribution in [-0.4, -0.2) is 19.9 Å². The highest BCUT2D eigenvalue weighted by Crippen LogP contribution is 2.37. The molecule has 0 aliphatic rings. The van der Waals surface area contributed by atoms with E-state index in [9.17, 15) is 0 Å². The van der Waals surface area contributed by atoms with E-state index in [1.807, 2.05) is 98.1 Å². The van der Waals surface area contributed by atoms with Crippen molar-refractivity contribution in [2.75, 3.05) is 9.80 Å². The van der Waals surface area contributed by atoms with E-state index >= 15 is 0 Å². The number of fused-ring (bicyclic) bond motifs is 2. The monoisotopic (exact) mass is 618 g/mol. The minimum absolute atomic E-state index is 1.04. The van der Waals surface area contributed by atoms with Crippen molar-refractivity contribution < 1.29 is 0 Å². The summed E-state index contributed by atoms with van der Waals surface area (Å²) in [4.78, 5) is 21.3. The van der Waals surface area contributed by atoms with E-state index in [1.165, 1.54) is 21.5 Å². The molecule has 0 aliphatic heterocycles. The largest absolute Gasteiger partial charge is 0.310 e. The first-order valence-corrected chi connectivity index (χ1v) is 15.7. The molecule has 4 aromatic carbocycles. The number of nitrogens with zero attached hydrogens (tertiary/aromatic N) is 6. The number of hydrogen-bond acceptors (Lipinski definition) is 6. The average molecular weight is 619 g/mol. The molecular weight excluding hydrogens is 589 g/mol. The molecule has 4 heterocycles. The first-order chi connectivity index (χ1) is 23.8. The van der Waals surface area contributed by atoms with E-state index in [2.05, 4.69) is 115 Å².